The van der Waals surface area contributed by atoms with E-state index in [4.69, 9.17) is 4.74 Å². The third kappa shape index (κ3) is 9.47. The third-order valence-electron chi connectivity index (χ3n) is 11.0. The molecule has 0 saturated heterocycles. The van der Waals surface area contributed by atoms with Crippen molar-refractivity contribution in [3.05, 3.63) is 39.5 Å². The summed E-state index contributed by atoms with van der Waals surface area (Å²) in [6.45, 7) is 7.59. The van der Waals surface area contributed by atoms with Crippen LogP contribution in [0.3, 0.4) is 0 Å². The second-order valence-corrected chi connectivity index (χ2v) is 15.4. The number of benzene rings is 1. The molecule has 1 aromatic carbocycles. The Bertz CT molecular complexity index is 1140. The second-order valence-electron chi connectivity index (χ2n) is 14.3. The molecule has 8 heteroatoms. The lowest BCUT2D eigenvalue weighted by Crippen LogP contribution is -2.59. The van der Waals surface area contributed by atoms with E-state index in [0.29, 0.717) is 36.1 Å². The van der Waals surface area contributed by atoms with Crippen molar-refractivity contribution in [3.8, 4) is 5.75 Å². The van der Waals surface area contributed by atoms with Crippen LogP contribution in [-0.2, 0) is 9.59 Å². The molecule has 7 nitrogen and oxygen atoms in total. The van der Waals surface area contributed by atoms with E-state index in [1.54, 1.807) is 6.08 Å². The largest absolute Gasteiger partial charge is 0.482 e. The molecule has 6 atom stereocenters. The topological polar surface area (TPSA) is 99.1 Å². The monoisotopic (exact) mass is 736 g/mol. The predicted octanol–water partition coefficient (Wildman–Crippen LogP) is 7.03. The van der Waals surface area contributed by atoms with Gasteiger partial charge in [-0.2, -0.15) is 0 Å². The van der Waals surface area contributed by atoms with Crippen LogP contribution in [-0.4, -0.2) is 64.9 Å². The lowest BCUT2D eigenvalue weighted by molar-refractivity contribution is -0.148. The summed E-state index contributed by atoms with van der Waals surface area (Å²) in [4.78, 5) is 29.3. The quantitative estimate of drug-likeness (QED) is 0.111. The highest BCUT2D eigenvalue weighted by molar-refractivity contribution is 14.1. The van der Waals surface area contributed by atoms with E-state index in [1.807, 2.05) is 29.2 Å². The Kier molecular flexibility index (Phi) is 14.1. The van der Waals surface area contributed by atoms with Crippen molar-refractivity contribution >= 4 is 34.4 Å². The summed E-state index contributed by atoms with van der Waals surface area (Å²) in [5.41, 5.74) is 0.772. The first-order chi connectivity index (χ1) is 21.7. The van der Waals surface area contributed by atoms with Gasteiger partial charge in [-0.25, -0.2) is 0 Å². The van der Waals surface area contributed by atoms with Crippen molar-refractivity contribution in [1.82, 2.24) is 10.2 Å². The Hall–Kier alpha value is -1.65. The number of aliphatic hydroxyl groups excluding tert-OH is 2. The van der Waals surface area contributed by atoms with E-state index in [9.17, 15) is 19.8 Å². The predicted molar refractivity (Wildman–Crippen MR) is 188 cm³/mol. The second kappa shape index (κ2) is 17.5. The van der Waals surface area contributed by atoms with Gasteiger partial charge < -0.3 is 25.2 Å². The number of aliphatic hydroxyl groups is 2. The van der Waals surface area contributed by atoms with Gasteiger partial charge in [-0.1, -0.05) is 84.3 Å². The molecular weight excluding hydrogens is 679 g/mol. The first-order valence-corrected chi connectivity index (χ1v) is 18.7. The summed E-state index contributed by atoms with van der Waals surface area (Å²) in [5, 5.41) is 24.0. The Morgan fingerprint density at radius 2 is 1.73 bits per heavy atom. The molecule has 45 heavy (non-hydrogen) atoms. The number of hydrogen-bond donors (Lipinski definition) is 3. The minimum Gasteiger partial charge on any atom is -0.482 e. The van der Waals surface area contributed by atoms with Crippen molar-refractivity contribution in [2.75, 3.05) is 19.7 Å². The van der Waals surface area contributed by atoms with Gasteiger partial charge in [0.1, 0.15) is 18.0 Å². The molecule has 3 saturated carbocycles. The van der Waals surface area contributed by atoms with Gasteiger partial charge in [0, 0.05) is 31.5 Å². The van der Waals surface area contributed by atoms with Crippen molar-refractivity contribution in [2.45, 2.75) is 129 Å². The maximum atomic E-state index is 14.1. The molecule has 0 heterocycles. The normalized spacial score (nSPS) is 26.8. The maximum absolute atomic E-state index is 14.1. The third-order valence-corrected chi connectivity index (χ3v) is 11.9. The Balaban J connectivity index is 1.51. The van der Waals surface area contributed by atoms with Gasteiger partial charge in [0.25, 0.3) is 0 Å². The van der Waals surface area contributed by atoms with Gasteiger partial charge in [-0.3, -0.25) is 9.59 Å². The van der Waals surface area contributed by atoms with Gasteiger partial charge in [0.2, 0.25) is 11.8 Å². The average Bonchev–Trinajstić information content (AvgIpc) is 3.03. The SMILES string of the molecule is CCCCCCCCCCCC(=O)N(CC1CCC2CC1C2(C)C)C1CC(C(=O)NCCO)=CC(Oc2ccccc2I)C1O. The number of carbonyl (C=O) groups is 2. The van der Waals surface area contributed by atoms with Crippen LogP contribution in [0, 0.1) is 26.7 Å². The molecule has 6 unspecified atom stereocenters. The van der Waals surface area contributed by atoms with Gasteiger partial charge >= 0.3 is 0 Å². The Morgan fingerprint density at radius 1 is 1.04 bits per heavy atom. The van der Waals surface area contributed by atoms with E-state index in [-0.39, 0.29) is 36.8 Å². The zero-order valence-electron chi connectivity index (χ0n) is 27.8. The zero-order valence-corrected chi connectivity index (χ0v) is 30.0. The number of nitrogens with zero attached hydrogens (tertiary/aromatic N) is 1. The van der Waals surface area contributed by atoms with Gasteiger partial charge in [0.15, 0.2) is 0 Å². The van der Waals surface area contributed by atoms with Crippen LogP contribution in [0.1, 0.15) is 111 Å². The molecule has 3 N–H and O–H groups in total. The number of para-hydroxylation sites is 1. The minimum atomic E-state index is -0.979. The summed E-state index contributed by atoms with van der Waals surface area (Å²) in [7, 11) is 0. The van der Waals surface area contributed by atoms with Crippen LogP contribution in [0.2, 0.25) is 0 Å². The summed E-state index contributed by atoms with van der Waals surface area (Å²) in [5.74, 6) is 2.14. The summed E-state index contributed by atoms with van der Waals surface area (Å²) in [6.07, 6.45) is 14.9. The van der Waals surface area contributed by atoms with Crippen molar-refractivity contribution < 1.29 is 24.5 Å². The standard InChI is InChI=1S/C37H57IN2O5/c1-4-5-6-7-8-9-10-11-12-17-34(42)40(25-26-18-19-28-24-29(26)37(28,2)3)31-22-27(36(44)39-20-21-41)23-33(35(31)43)45-32-16-14-13-15-30(32)38/h13-16,23,26,28-29,31,33,35,41,43H,4-12,17-22,24-25H2,1-3H3,(H,39,44). The van der Waals surface area contributed by atoms with Crippen molar-refractivity contribution in [2.24, 2.45) is 23.2 Å². The van der Waals surface area contributed by atoms with Crippen LogP contribution in [0.25, 0.3) is 0 Å². The lowest BCUT2D eigenvalue weighted by atomic mass is 9.45. The number of fused-ring (bicyclic) bond motifs is 2. The molecule has 1 aromatic rings. The van der Waals surface area contributed by atoms with Crippen LogP contribution in [0.4, 0.5) is 0 Å². The number of ether oxygens (including phenoxy) is 1. The van der Waals surface area contributed by atoms with E-state index < -0.39 is 18.2 Å². The first-order valence-electron chi connectivity index (χ1n) is 17.7. The highest BCUT2D eigenvalue weighted by atomic mass is 127. The van der Waals surface area contributed by atoms with Crippen LogP contribution in [0.15, 0.2) is 35.9 Å². The number of nitrogens with one attached hydrogen (secondary N) is 1. The maximum Gasteiger partial charge on any atom is 0.247 e. The molecule has 0 radical (unpaired) electrons. The number of unbranched alkanes of at least 4 members (excludes halogenated alkanes) is 8. The van der Waals surface area contributed by atoms with Gasteiger partial charge in [-0.15, -0.1) is 0 Å². The highest BCUT2D eigenvalue weighted by Crippen LogP contribution is 2.61. The van der Waals surface area contributed by atoms with E-state index in [1.165, 1.54) is 51.4 Å². The molecule has 5 rings (SSSR count). The molecule has 0 aromatic heterocycles. The number of halogens is 1. The van der Waals surface area contributed by atoms with Gasteiger partial charge in [0.05, 0.1) is 16.2 Å². The molecule has 0 spiro atoms. The van der Waals surface area contributed by atoms with Crippen molar-refractivity contribution in [1.29, 1.82) is 0 Å². The van der Waals surface area contributed by atoms with E-state index >= 15 is 0 Å². The first kappa shape index (κ1) is 36.2. The number of hydrogen-bond acceptors (Lipinski definition) is 5. The molecule has 4 aliphatic rings. The van der Waals surface area contributed by atoms with E-state index in [0.717, 1.165) is 35.2 Å². The van der Waals surface area contributed by atoms with Crippen LogP contribution in [0.5, 0.6) is 5.75 Å². The zero-order chi connectivity index (χ0) is 32.4. The van der Waals surface area contributed by atoms with Crippen molar-refractivity contribution in [3.63, 3.8) is 0 Å². The molecule has 252 valence electrons. The Morgan fingerprint density at radius 3 is 2.38 bits per heavy atom. The van der Waals surface area contributed by atoms with Gasteiger partial charge in [-0.05, 0) is 89.7 Å². The smallest absolute Gasteiger partial charge is 0.247 e. The fraction of sp³-hybridized carbons (Fsp3) is 0.730. The summed E-state index contributed by atoms with van der Waals surface area (Å²) < 4.78 is 7.26. The molecule has 3 fully saturated rings. The van der Waals surface area contributed by atoms with Crippen LogP contribution >= 0.6 is 22.6 Å². The molecule has 2 bridgehead atoms. The van der Waals surface area contributed by atoms with Crippen LogP contribution < -0.4 is 10.1 Å². The molecule has 0 aliphatic heterocycles. The molecular formula is C37H57IN2O5. The lowest BCUT2D eigenvalue weighted by Gasteiger charge is -2.61. The number of rotatable bonds is 18. The molecule has 4 aliphatic carbocycles. The minimum absolute atomic E-state index is 0.0753. The summed E-state index contributed by atoms with van der Waals surface area (Å²) in [6, 6.07) is 7.06. The fourth-order valence-corrected chi connectivity index (χ4v) is 8.57. The fourth-order valence-electron chi connectivity index (χ4n) is 8.05. The number of amides is 2. The van der Waals surface area contributed by atoms with E-state index in [2.05, 4.69) is 48.7 Å². The molecule has 2 amide bonds. The highest BCUT2D eigenvalue weighted by Gasteiger charge is 2.55. The Labute approximate surface area is 285 Å². The average molecular weight is 737 g/mol. The summed E-state index contributed by atoms with van der Waals surface area (Å²) >= 11 is 2.21. The number of carbonyl (C=O) groups excluding carboxylic acids is 2.